The van der Waals surface area contributed by atoms with Crippen molar-refractivity contribution in [2.24, 2.45) is 11.8 Å². The Bertz CT molecular complexity index is 1010. The topological polar surface area (TPSA) is 78.9 Å². The molecule has 66 heavy (non-hydrogen) atoms. The number of ether oxygens (including phenoxy) is 3. The summed E-state index contributed by atoms with van der Waals surface area (Å²) < 4.78 is 16.9. The van der Waals surface area contributed by atoms with Gasteiger partial charge in [0.05, 0.1) is 0 Å². The van der Waals surface area contributed by atoms with E-state index in [2.05, 4.69) is 34.6 Å². The van der Waals surface area contributed by atoms with Crippen LogP contribution in [-0.4, -0.2) is 37.2 Å². The number of rotatable bonds is 54. The van der Waals surface area contributed by atoms with Gasteiger partial charge in [0.1, 0.15) is 13.2 Å². The summed E-state index contributed by atoms with van der Waals surface area (Å²) in [4.78, 5) is 38.1. The molecule has 0 spiro atoms. The summed E-state index contributed by atoms with van der Waals surface area (Å²) in [7, 11) is 0. The maximum Gasteiger partial charge on any atom is 0.306 e. The second-order valence-corrected chi connectivity index (χ2v) is 21.4. The molecular formula is C60H116O6. The van der Waals surface area contributed by atoms with Crippen LogP contribution in [0, 0.1) is 11.8 Å². The Kier molecular flexibility index (Phi) is 51.5. The minimum absolute atomic E-state index is 0.0627. The van der Waals surface area contributed by atoms with Gasteiger partial charge in [-0.15, -0.1) is 0 Å². The van der Waals surface area contributed by atoms with Crippen molar-refractivity contribution in [2.45, 2.75) is 343 Å². The summed E-state index contributed by atoms with van der Waals surface area (Å²) in [5, 5.41) is 0. The summed E-state index contributed by atoms with van der Waals surface area (Å²) in [5.41, 5.74) is 0. The van der Waals surface area contributed by atoms with E-state index in [1.165, 1.54) is 225 Å². The lowest BCUT2D eigenvalue weighted by Gasteiger charge is -2.18. The fourth-order valence-corrected chi connectivity index (χ4v) is 9.20. The summed E-state index contributed by atoms with van der Waals surface area (Å²) in [5.74, 6) is 0.879. The minimum atomic E-state index is -0.763. The first-order chi connectivity index (χ1) is 32.3. The van der Waals surface area contributed by atoms with Crippen LogP contribution in [0.1, 0.15) is 336 Å². The highest BCUT2D eigenvalue weighted by Gasteiger charge is 2.19. The van der Waals surface area contributed by atoms with Gasteiger partial charge in [-0.05, 0) is 31.1 Å². The summed E-state index contributed by atoms with van der Waals surface area (Å²) >= 11 is 0. The zero-order valence-corrected chi connectivity index (χ0v) is 45.3. The van der Waals surface area contributed by atoms with Crippen molar-refractivity contribution in [3.05, 3.63) is 0 Å². The maximum atomic E-state index is 12.9. The number of hydrogen-bond donors (Lipinski definition) is 0. The molecule has 392 valence electrons. The van der Waals surface area contributed by atoms with E-state index in [4.69, 9.17) is 14.2 Å². The molecule has 0 bridgehead atoms. The molecule has 0 radical (unpaired) electrons. The van der Waals surface area contributed by atoms with Crippen LogP contribution in [0.25, 0.3) is 0 Å². The second kappa shape index (κ2) is 52.8. The van der Waals surface area contributed by atoms with Crippen molar-refractivity contribution in [1.82, 2.24) is 0 Å². The zero-order valence-electron chi connectivity index (χ0n) is 45.3. The fourth-order valence-electron chi connectivity index (χ4n) is 9.20. The molecule has 0 heterocycles. The normalized spacial score (nSPS) is 12.5. The van der Waals surface area contributed by atoms with Crippen molar-refractivity contribution in [3.8, 4) is 0 Å². The Balaban J connectivity index is 4.24. The van der Waals surface area contributed by atoms with Gasteiger partial charge in [-0.1, -0.05) is 298 Å². The number of hydrogen-bond acceptors (Lipinski definition) is 6. The quantitative estimate of drug-likeness (QED) is 0.0343. The summed E-state index contributed by atoms with van der Waals surface area (Å²) in [6.07, 6.45) is 56.7. The van der Waals surface area contributed by atoms with Crippen LogP contribution >= 0.6 is 0 Å². The molecule has 1 unspecified atom stereocenters. The van der Waals surface area contributed by atoms with E-state index in [-0.39, 0.29) is 31.1 Å². The van der Waals surface area contributed by atoms with Gasteiger partial charge in [0.25, 0.3) is 0 Å². The van der Waals surface area contributed by atoms with Crippen molar-refractivity contribution in [3.63, 3.8) is 0 Å². The van der Waals surface area contributed by atoms with Crippen molar-refractivity contribution >= 4 is 17.9 Å². The van der Waals surface area contributed by atoms with E-state index < -0.39 is 6.10 Å². The molecule has 0 aromatic heterocycles. The van der Waals surface area contributed by atoms with E-state index >= 15 is 0 Å². The highest BCUT2D eigenvalue weighted by Crippen LogP contribution is 2.19. The molecule has 0 saturated heterocycles. The van der Waals surface area contributed by atoms with E-state index in [0.29, 0.717) is 19.3 Å². The Morgan fingerprint density at radius 1 is 0.318 bits per heavy atom. The number of carbonyl (C=O) groups excluding carboxylic acids is 3. The Morgan fingerprint density at radius 2 is 0.576 bits per heavy atom. The highest BCUT2D eigenvalue weighted by atomic mass is 16.6. The Hall–Kier alpha value is -1.59. The molecular weight excluding hydrogens is 817 g/mol. The van der Waals surface area contributed by atoms with Crippen LogP contribution in [0.2, 0.25) is 0 Å². The van der Waals surface area contributed by atoms with Crippen LogP contribution in [0.4, 0.5) is 0 Å². The van der Waals surface area contributed by atoms with Crippen LogP contribution in [-0.2, 0) is 28.6 Å². The molecule has 0 fully saturated rings. The third-order valence-corrected chi connectivity index (χ3v) is 14.1. The molecule has 0 aliphatic heterocycles. The third kappa shape index (κ3) is 51.8. The van der Waals surface area contributed by atoms with Crippen LogP contribution in [0.5, 0.6) is 0 Å². The molecule has 0 amide bonds. The second-order valence-electron chi connectivity index (χ2n) is 21.4. The molecule has 0 N–H and O–H groups in total. The lowest BCUT2D eigenvalue weighted by atomic mass is 9.99. The molecule has 2 atom stereocenters. The van der Waals surface area contributed by atoms with Gasteiger partial charge < -0.3 is 14.2 Å². The van der Waals surface area contributed by atoms with Gasteiger partial charge in [-0.25, -0.2) is 0 Å². The van der Waals surface area contributed by atoms with Crippen molar-refractivity contribution < 1.29 is 28.6 Å². The lowest BCUT2D eigenvalue weighted by molar-refractivity contribution is -0.167. The van der Waals surface area contributed by atoms with Gasteiger partial charge >= 0.3 is 17.9 Å². The average molecular weight is 934 g/mol. The van der Waals surface area contributed by atoms with E-state index in [1.54, 1.807) is 0 Å². The molecule has 0 aliphatic rings. The van der Waals surface area contributed by atoms with Gasteiger partial charge in [-0.3, -0.25) is 14.4 Å². The van der Waals surface area contributed by atoms with Crippen LogP contribution in [0.3, 0.4) is 0 Å². The predicted molar refractivity (Wildman–Crippen MR) is 284 cm³/mol. The van der Waals surface area contributed by atoms with Crippen LogP contribution in [0.15, 0.2) is 0 Å². The van der Waals surface area contributed by atoms with E-state index in [0.717, 1.165) is 69.6 Å². The number of unbranched alkanes of at least 4 members (excludes halogenated alkanes) is 38. The minimum Gasteiger partial charge on any atom is -0.462 e. The first-order valence-electron chi connectivity index (χ1n) is 29.8. The third-order valence-electron chi connectivity index (χ3n) is 14.1. The largest absolute Gasteiger partial charge is 0.462 e. The van der Waals surface area contributed by atoms with Crippen molar-refractivity contribution in [2.75, 3.05) is 13.2 Å². The number of carbonyl (C=O) groups is 3. The molecule has 6 nitrogen and oxygen atoms in total. The Labute approximate surface area is 412 Å². The first kappa shape index (κ1) is 64.4. The SMILES string of the molecule is CCCCCCCCCCCCCCCCC(=O)OC[C@H](COC(=O)CCCCCCCCCCCC(C)C)OC(=O)CCCCCCCCCCCCCCCCCCCCC(C)CC. The average Bonchev–Trinajstić information content (AvgIpc) is 3.30. The summed E-state index contributed by atoms with van der Waals surface area (Å²) in [6.45, 7) is 11.4. The van der Waals surface area contributed by atoms with Gasteiger partial charge in [0.15, 0.2) is 6.10 Å². The molecule has 0 aromatic carbocycles. The van der Waals surface area contributed by atoms with E-state index in [9.17, 15) is 14.4 Å². The van der Waals surface area contributed by atoms with Crippen LogP contribution < -0.4 is 0 Å². The monoisotopic (exact) mass is 933 g/mol. The smallest absolute Gasteiger partial charge is 0.306 e. The molecule has 0 aliphatic carbocycles. The Morgan fingerprint density at radius 3 is 0.864 bits per heavy atom. The standard InChI is InChI=1S/C60H116O6/c1-6-8-9-10-11-12-13-14-22-25-30-35-40-45-50-58(61)64-53-57(54-65-59(62)51-46-41-36-32-27-28-33-38-43-48-55(3)4)66-60(63)52-47-42-37-31-26-23-20-18-16-15-17-19-21-24-29-34-39-44-49-56(5)7-2/h55-57H,6-54H2,1-5H3/t56?,57-/m1/s1. The molecule has 6 heteroatoms. The molecule has 0 aromatic rings. The predicted octanol–water partition coefficient (Wildman–Crippen LogP) is 19.7. The fraction of sp³-hybridized carbons (Fsp3) is 0.950. The highest BCUT2D eigenvalue weighted by molar-refractivity contribution is 5.71. The first-order valence-corrected chi connectivity index (χ1v) is 29.8. The molecule has 0 rings (SSSR count). The van der Waals surface area contributed by atoms with Crippen molar-refractivity contribution in [1.29, 1.82) is 0 Å². The van der Waals surface area contributed by atoms with Gasteiger partial charge in [0.2, 0.25) is 0 Å². The lowest BCUT2D eigenvalue weighted by Crippen LogP contribution is -2.30. The van der Waals surface area contributed by atoms with Gasteiger partial charge in [0, 0.05) is 19.3 Å². The zero-order chi connectivity index (χ0) is 48.2. The van der Waals surface area contributed by atoms with E-state index in [1.807, 2.05) is 0 Å². The maximum absolute atomic E-state index is 12.9. The summed E-state index contributed by atoms with van der Waals surface area (Å²) in [6, 6.07) is 0. The molecule has 0 saturated carbocycles. The van der Waals surface area contributed by atoms with Gasteiger partial charge in [-0.2, -0.15) is 0 Å². The number of esters is 3.